The van der Waals surface area contributed by atoms with Gasteiger partial charge in [-0.1, -0.05) is 30.3 Å². The van der Waals surface area contributed by atoms with Crippen LogP contribution in [0.2, 0.25) is 0 Å². The molecule has 1 aliphatic heterocycles. The molecule has 230 valence electrons. The zero-order valence-corrected chi connectivity index (χ0v) is 25.0. The molecule has 1 unspecified atom stereocenters. The second-order valence-corrected chi connectivity index (χ2v) is 11.6. The summed E-state index contributed by atoms with van der Waals surface area (Å²) in [6.45, 7) is 5.59. The first-order chi connectivity index (χ1) is 21.1. The van der Waals surface area contributed by atoms with E-state index in [1.807, 2.05) is 53.6 Å². The van der Waals surface area contributed by atoms with E-state index in [0.717, 1.165) is 11.1 Å². The first-order valence-corrected chi connectivity index (χ1v) is 14.9. The number of primary amides is 1. The lowest BCUT2D eigenvalue weighted by molar-refractivity contribution is -0.137. The number of nitrogens with zero attached hydrogens (tertiary/aromatic N) is 3. The molecular weight excluding hydrogens is 562 g/mol. The quantitative estimate of drug-likeness (QED) is 0.190. The highest BCUT2D eigenvalue weighted by atomic mass is 19.1. The van der Waals surface area contributed by atoms with E-state index in [4.69, 9.17) is 10.7 Å². The van der Waals surface area contributed by atoms with E-state index in [1.165, 1.54) is 24.3 Å². The Morgan fingerprint density at radius 1 is 0.955 bits per heavy atom. The van der Waals surface area contributed by atoms with Crippen molar-refractivity contribution in [1.29, 1.82) is 0 Å². The summed E-state index contributed by atoms with van der Waals surface area (Å²) >= 11 is 0. The number of carbonyl (C=O) groups excluding carboxylic acids is 2. The molecule has 0 aliphatic carbocycles. The number of nitrogens with two attached hydrogens (primary N) is 1. The molecular formula is C34H38F2N6O2. The molecule has 0 radical (unpaired) electrons. The molecule has 1 aliphatic rings. The summed E-state index contributed by atoms with van der Waals surface area (Å²) in [5.41, 5.74) is 7.99. The predicted octanol–water partition coefficient (Wildman–Crippen LogP) is 5.36. The van der Waals surface area contributed by atoms with Crippen molar-refractivity contribution in [3.8, 4) is 11.3 Å². The molecule has 44 heavy (non-hydrogen) atoms. The Bertz CT molecular complexity index is 1590. The largest absolute Gasteiger partial charge is 0.369 e. The van der Waals surface area contributed by atoms with Gasteiger partial charge < -0.3 is 25.8 Å². The van der Waals surface area contributed by atoms with E-state index in [0.29, 0.717) is 61.9 Å². The van der Waals surface area contributed by atoms with Gasteiger partial charge in [0.05, 0.1) is 12.1 Å². The average Bonchev–Trinajstić information content (AvgIpc) is 3.37. The van der Waals surface area contributed by atoms with Crippen LogP contribution >= 0.6 is 0 Å². The maximum Gasteiger partial charge on any atom is 0.237 e. The zero-order chi connectivity index (χ0) is 31.3. The second kappa shape index (κ2) is 13.4. The number of hydrogen-bond donors (Lipinski definition) is 3. The van der Waals surface area contributed by atoms with Crippen LogP contribution in [0.25, 0.3) is 11.3 Å². The number of aromatic nitrogens is 2. The third kappa shape index (κ3) is 6.97. The SMILES string of the molecule is CC1(C)c2nc(-c3ccc(F)cc3)c(Nc3ccc(F)cc3)n2CCN1C(=O)CNCCCC(Cc1ccccc1)C(N)=O. The molecule has 0 saturated carbocycles. The number of rotatable bonds is 12. The smallest absolute Gasteiger partial charge is 0.237 e. The van der Waals surface area contributed by atoms with Crippen LogP contribution in [0.5, 0.6) is 0 Å². The van der Waals surface area contributed by atoms with Crippen molar-refractivity contribution < 1.29 is 18.4 Å². The van der Waals surface area contributed by atoms with Gasteiger partial charge in [-0.15, -0.1) is 0 Å². The molecule has 1 atom stereocenters. The molecule has 3 aromatic carbocycles. The summed E-state index contributed by atoms with van der Waals surface area (Å²) in [5.74, 6) is 0.0512. The highest BCUT2D eigenvalue weighted by Crippen LogP contribution is 2.39. The van der Waals surface area contributed by atoms with Gasteiger partial charge in [0.25, 0.3) is 0 Å². The van der Waals surface area contributed by atoms with Crippen LogP contribution in [-0.4, -0.2) is 45.9 Å². The van der Waals surface area contributed by atoms with Gasteiger partial charge in [-0.05, 0) is 93.7 Å². The summed E-state index contributed by atoms with van der Waals surface area (Å²) in [7, 11) is 0. The fourth-order valence-corrected chi connectivity index (χ4v) is 5.79. The van der Waals surface area contributed by atoms with Crippen molar-refractivity contribution in [3.05, 3.63) is 102 Å². The van der Waals surface area contributed by atoms with E-state index >= 15 is 0 Å². The van der Waals surface area contributed by atoms with Crippen LogP contribution in [0.4, 0.5) is 20.3 Å². The van der Waals surface area contributed by atoms with Crippen LogP contribution < -0.4 is 16.4 Å². The molecule has 2 heterocycles. The molecule has 4 N–H and O–H groups in total. The summed E-state index contributed by atoms with van der Waals surface area (Å²) in [6, 6.07) is 22.0. The Morgan fingerprint density at radius 3 is 2.27 bits per heavy atom. The Labute approximate surface area is 256 Å². The zero-order valence-electron chi connectivity index (χ0n) is 25.0. The normalized spacial score (nSPS) is 14.6. The Kier molecular flexibility index (Phi) is 9.39. The molecule has 1 aromatic heterocycles. The fourth-order valence-electron chi connectivity index (χ4n) is 5.79. The number of anilines is 2. The van der Waals surface area contributed by atoms with Crippen molar-refractivity contribution >= 4 is 23.3 Å². The van der Waals surface area contributed by atoms with Gasteiger partial charge in [0.2, 0.25) is 11.8 Å². The van der Waals surface area contributed by atoms with Crippen molar-refractivity contribution in [2.24, 2.45) is 11.7 Å². The van der Waals surface area contributed by atoms with E-state index in [9.17, 15) is 18.4 Å². The lowest BCUT2D eigenvalue weighted by atomic mass is 9.94. The Hall–Kier alpha value is -4.57. The number of hydrogen-bond acceptors (Lipinski definition) is 5. The summed E-state index contributed by atoms with van der Waals surface area (Å²) < 4.78 is 29.4. The highest BCUT2D eigenvalue weighted by Gasteiger charge is 2.41. The monoisotopic (exact) mass is 600 g/mol. The molecule has 0 saturated heterocycles. The van der Waals surface area contributed by atoms with Gasteiger partial charge in [-0.3, -0.25) is 9.59 Å². The van der Waals surface area contributed by atoms with Gasteiger partial charge >= 0.3 is 0 Å². The third-order valence-corrected chi connectivity index (χ3v) is 8.17. The molecule has 8 nitrogen and oxygen atoms in total. The predicted molar refractivity (Wildman–Crippen MR) is 167 cm³/mol. The van der Waals surface area contributed by atoms with E-state index in [1.54, 1.807) is 24.3 Å². The van der Waals surface area contributed by atoms with Crippen molar-refractivity contribution in [3.63, 3.8) is 0 Å². The maximum absolute atomic E-state index is 13.7. The Balaban J connectivity index is 1.26. The van der Waals surface area contributed by atoms with Crippen LogP contribution in [-0.2, 0) is 28.1 Å². The molecule has 4 aromatic rings. The minimum absolute atomic E-state index is 0.0589. The molecule has 2 amide bonds. The number of nitrogens with one attached hydrogen (secondary N) is 2. The number of halogens is 2. The molecule has 5 rings (SSSR count). The van der Waals surface area contributed by atoms with E-state index in [-0.39, 0.29) is 35.9 Å². The van der Waals surface area contributed by atoms with Gasteiger partial charge in [-0.2, -0.15) is 0 Å². The number of carbonyl (C=O) groups is 2. The first-order valence-electron chi connectivity index (χ1n) is 14.9. The number of benzene rings is 3. The van der Waals surface area contributed by atoms with Gasteiger partial charge in [-0.25, -0.2) is 13.8 Å². The van der Waals surface area contributed by atoms with E-state index in [2.05, 4.69) is 10.6 Å². The third-order valence-electron chi connectivity index (χ3n) is 8.17. The first kappa shape index (κ1) is 30.9. The topological polar surface area (TPSA) is 105 Å². The van der Waals surface area contributed by atoms with Crippen molar-refractivity contribution in [2.75, 3.05) is 25.0 Å². The lowest BCUT2D eigenvalue weighted by Crippen LogP contribution is -2.54. The van der Waals surface area contributed by atoms with Crippen LogP contribution in [0, 0.1) is 17.6 Å². The summed E-state index contributed by atoms with van der Waals surface area (Å²) in [6.07, 6.45) is 1.94. The van der Waals surface area contributed by atoms with E-state index < -0.39 is 5.54 Å². The summed E-state index contributed by atoms with van der Waals surface area (Å²) in [5, 5.41) is 6.61. The molecule has 10 heteroatoms. The van der Waals surface area contributed by atoms with Crippen LogP contribution in [0.15, 0.2) is 78.9 Å². The van der Waals surface area contributed by atoms with Crippen LogP contribution in [0.1, 0.15) is 38.1 Å². The molecule has 0 spiro atoms. The van der Waals surface area contributed by atoms with Crippen molar-refractivity contribution in [1.82, 2.24) is 19.8 Å². The molecule has 0 bridgehead atoms. The lowest BCUT2D eigenvalue weighted by Gasteiger charge is -2.42. The maximum atomic E-state index is 13.7. The number of fused-ring (bicyclic) bond motifs is 1. The molecule has 0 fully saturated rings. The number of amides is 2. The Morgan fingerprint density at radius 2 is 1.61 bits per heavy atom. The van der Waals surface area contributed by atoms with Gasteiger partial charge in [0, 0.05) is 30.3 Å². The van der Waals surface area contributed by atoms with Gasteiger partial charge in [0.15, 0.2) is 0 Å². The second-order valence-electron chi connectivity index (χ2n) is 11.6. The van der Waals surface area contributed by atoms with Gasteiger partial charge in [0.1, 0.15) is 29.0 Å². The minimum Gasteiger partial charge on any atom is -0.369 e. The van der Waals surface area contributed by atoms with Crippen molar-refractivity contribution in [2.45, 2.75) is 45.2 Å². The standard InChI is InChI=1S/C34H38F2N6O2/c1-34(2)33-40-30(24-10-12-26(35)13-11-24)32(39-28-16-14-27(36)15-17-28)41(33)19-20-42(34)29(43)22-38-18-6-9-25(31(37)44)21-23-7-4-3-5-8-23/h3-5,7-8,10-17,25,38-39H,6,9,18-22H2,1-2H3,(H2,37,44). The average molecular weight is 601 g/mol. The highest BCUT2D eigenvalue weighted by molar-refractivity contribution is 5.81. The minimum atomic E-state index is -0.749. The summed E-state index contributed by atoms with van der Waals surface area (Å²) in [4.78, 5) is 32.2. The fraction of sp³-hybridized carbons (Fsp3) is 0.324. The number of imidazole rings is 1. The van der Waals surface area contributed by atoms with Crippen LogP contribution in [0.3, 0.4) is 0 Å².